The van der Waals surface area contributed by atoms with Crippen LogP contribution in [0.1, 0.15) is 36.9 Å². The number of thiazole rings is 1. The van der Waals surface area contributed by atoms with Gasteiger partial charge >= 0.3 is 0 Å². The Hall–Kier alpha value is -0.750. The fraction of sp³-hybridized carbons (Fsp3) is 0.750. The first-order valence-corrected chi connectivity index (χ1v) is 10.1. The molecular weight excluding hydrogens is 312 g/mol. The standard InChI is InChI=1S/C16H28N4S2/c1-4-14-11-20(9-10-21-14)16(17-3)18-8-6-5-7-15-19-13(2)12-22-15/h12,14H,4-11H2,1-3H3,(H,17,18). The van der Waals surface area contributed by atoms with Crippen LogP contribution in [0.3, 0.4) is 0 Å². The van der Waals surface area contributed by atoms with Crippen LogP contribution in [-0.4, -0.2) is 53.5 Å². The van der Waals surface area contributed by atoms with Gasteiger partial charge in [0.1, 0.15) is 0 Å². The Labute approximate surface area is 142 Å². The highest BCUT2D eigenvalue weighted by Crippen LogP contribution is 2.21. The van der Waals surface area contributed by atoms with E-state index in [-0.39, 0.29) is 0 Å². The van der Waals surface area contributed by atoms with Gasteiger partial charge in [0, 0.05) is 48.8 Å². The Kier molecular flexibility index (Phi) is 7.52. The number of nitrogens with one attached hydrogen (secondary N) is 1. The van der Waals surface area contributed by atoms with Gasteiger partial charge in [0.25, 0.3) is 0 Å². The van der Waals surface area contributed by atoms with Crippen molar-refractivity contribution < 1.29 is 0 Å². The topological polar surface area (TPSA) is 40.5 Å². The lowest BCUT2D eigenvalue weighted by molar-refractivity contribution is 0.407. The molecule has 1 unspecified atom stereocenters. The summed E-state index contributed by atoms with van der Waals surface area (Å²) in [5.74, 6) is 2.28. The number of aromatic nitrogens is 1. The molecule has 6 heteroatoms. The van der Waals surface area contributed by atoms with Gasteiger partial charge in [0.05, 0.1) is 5.01 Å². The van der Waals surface area contributed by atoms with Crippen LogP contribution in [0.4, 0.5) is 0 Å². The number of hydrogen-bond acceptors (Lipinski definition) is 4. The zero-order valence-electron chi connectivity index (χ0n) is 14.0. The fourth-order valence-corrected chi connectivity index (χ4v) is 4.61. The molecule has 0 aliphatic carbocycles. The van der Waals surface area contributed by atoms with Gasteiger partial charge in [-0.1, -0.05) is 6.92 Å². The molecule has 0 radical (unpaired) electrons. The Balaban J connectivity index is 1.66. The minimum Gasteiger partial charge on any atom is -0.356 e. The molecule has 1 aliphatic heterocycles. The fourth-order valence-electron chi connectivity index (χ4n) is 2.61. The summed E-state index contributed by atoms with van der Waals surface area (Å²) in [5.41, 5.74) is 1.15. The van der Waals surface area contributed by atoms with Crippen molar-refractivity contribution in [2.45, 2.75) is 44.8 Å². The number of hydrogen-bond donors (Lipinski definition) is 1. The van der Waals surface area contributed by atoms with Crippen molar-refractivity contribution in [3.63, 3.8) is 0 Å². The van der Waals surface area contributed by atoms with Crippen LogP contribution in [0.5, 0.6) is 0 Å². The minimum absolute atomic E-state index is 0.750. The van der Waals surface area contributed by atoms with Gasteiger partial charge in [-0.3, -0.25) is 4.99 Å². The van der Waals surface area contributed by atoms with E-state index in [2.05, 4.69) is 51.2 Å². The molecule has 4 nitrogen and oxygen atoms in total. The Morgan fingerprint density at radius 1 is 1.50 bits per heavy atom. The molecule has 0 amide bonds. The van der Waals surface area contributed by atoms with Crippen molar-refractivity contribution in [1.82, 2.24) is 15.2 Å². The number of thioether (sulfide) groups is 1. The average Bonchev–Trinajstić information content (AvgIpc) is 2.96. The van der Waals surface area contributed by atoms with Crippen molar-refractivity contribution in [3.05, 3.63) is 16.1 Å². The molecule has 22 heavy (non-hydrogen) atoms. The molecule has 1 aliphatic rings. The van der Waals surface area contributed by atoms with E-state index < -0.39 is 0 Å². The molecule has 0 spiro atoms. The molecule has 1 saturated heterocycles. The van der Waals surface area contributed by atoms with Crippen LogP contribution in [0.15, 0.2) is 10.4 Å². The van der Waals surface area contributed by atoms with Gasteiger partial charge in [-0.05, 0) is 32.6 Å². The molecule has 1 atom stereocenters. The third kappa shape index (κ3) is 5.47. The van der Waals surface area contributed by atoms with Gasteiger partial charge in [0.15, 0.2) is 5.96 Å². The van der Waals surface area contributed by atoms with Gasteiger partial charge in [-0.2, -0.15) is 11.8 Å². The lowest BCUT2D eigenvalue weighted by atomic mass is 10.2. The maximum absolute atomic E-state index is 4.51. The van der Waals surface area contributed by atoms with Crippen molar-refractivity contribution in [3.8, 4) is 0 Å². The van der Waals surface area contributed by atoms with Crippen LogP contribution < -0.4 is 5.32 Å². The van der Waals surface area contributed by atoms with Crippen molar-refractivity contribution >= 4 is 29.1 Å². The minimum atomic E-state index is 0.750. The Morgan fingerprint density at radius 3 is 3.05 bits per heavy atom. The van der Waals surface area contributed by atoms with E-state index >= 15 is 0 Å². The van der Waals surface area contributed by atoms with E-state index in [4.69, 9.17) is 0 Å². The SMILES string of the molecule is CCC1CN(C(=NC)NCCCCc2nc(C)cs2)CCS1. The van der Waals surface area contributed by atoms with Gasteiger partial charge < -0.3 is 10.2 Å². The van der Waals surface area contributed by atoms with Crippen LogP contribution in [-0.2, 0) is 6.42 Å². The number of nitrogens with zero attached hydrogens (tertiary/aromatic N) is 3. The third-order valence-electron chi connectivity index (χ3n) is 3.87. The van der Waals surface area contributed by atoms with Gasteiger partial charge in [-0.25, -0.2) is 4.98 Å². The third-order valence-corrected chi connectivity index (χ3v) is 6.27. The second-order valence-electron chi connectivity index (χ2n) is 5.66. The first-order valence-electron chi connectivity index (χ1n) is 8.21. The predicted molar refractivity (Wildman–Crippen MR) is 99.3 cm³/mol. The van der Waals surface area contributed by atoms with Crippen molar-refractivity contribution in [2.75, 3.05) is 32.4 Å². The van der Waals surface area contributed by atoms with E-state index in [0.29, 0.717) is 0 Å². The lowest BCUT2D eigenvalue weighted by Crippen LogP contribution is -2.48. The first kappa shape index (κ1) is 17.6. The van der Waals surface area contributed by atoms with E-state index in [0.717, 1.165) is 49.4 Å². The van der Waals surface area contributed by atoms with Crippen molar-refractivity contribution in [2.24, 2.45) is 4.99 Å². The second-order valence-corrected chi connectivity index (χ2v) is 8.01. The molecule has 124 valence electrons. The van der Waals surface area contributed by atoms with E-state index in [1.54, 1.807) is 11.3 Å². The monoisotopic (exact) mass is 340 g/mol. The quantitative estimate of drug-likeness (QED) is 0.490. The molecule has 1 aromatic rings. The zero-order chi connectivity index (χ0) is 15.8. The summed E-state index contributed by atoms with van der Waals surface area (Å²) < 4.78 is 0. The number of guanidine groups is 1. The number of unbranched alkanes of at least 4 members (excludes halogenated alkanes) is 1. The summed E-state index contributed by atoms with van der Waals surface area (Å²) in [5, 5.41) is 7.67. The number of rotatable bonds is 6. The van der Waals surface area contributed by atoms with Gasteiger partial charge in [-0.15, -0.1) is 11.3 Å². The molecule has 0 aromatic carbocycles. The molecule has 1 fully saturated rings. The molecule has 2 heterocycles. The first-order chi connectivity index (χ1) is 10.7. The van der Waals surface area contributed by atoms with Crippen LogP contribution in [0, 0.1) is 6.92 Å². The molecular formula is C16H28N4S2. The highest BCUT2D eigenvalue weighted by molar-refractivity contribution is 8.00. The molecule has 0 saturated carbocycles. The van der Waals surface area contributed by atoms with Crippen LogP contribution >= 0.6 is 23.1 Å². The van der Waals surface area contributed by atoms with E-state index in [1.807, 2.05) is 7.05 Å². The highest BCUT2D eigenvalue weighted by Gasteiger charge is 2.21. The summed E-state index contributed by atoms with van der Waals surface area (Å²) in [6, 6.07) is 0. The predicted octanol–water partition coefficient (Wildman–Crippen LogP) is 3.18. The highest BCUT2D eigenvalue weighted by atomic mass is 32.2. The van der Waals surface area contributed by atoms with Crippen LogP contribution in [0.25, 0.3) is 0 Å². The summed E-state index contributed by atoms with van der Waals surface area (Å²) >= 11 is 3.87. The largest absolute Gasteiger partial charge is 0.356 e. The van der Waals surface area contributed by atoms with Crippen molar-refractivity contribution in [1.29, 1.82) is 0 Å². The summed E-state index contributed by atoms with van der Waals surface area (Å²) in [7, 11) is 1.89. The summed E-state index contributed by atoms with van der Waals surface area (Å²) in [6.45, 7) is 7.57. The average molecular weight is 341 g/mol. The molecule has 0 bridgehead atoms. The smallest absolute Gasteiger partial charge is 0.193 e. The molecule has 1 N–H and O–H groups in total. The maximum Gasteiger partial charge on any atom is 0.193 e. The van der Waals surface area contributed by atoms with E-state index in [1.165, 1.54) is 23.6 Å². The maximum atomic E-state index is 4.51. The normalized spacial score (nSPS) is 19.5. The molecule has 2 rings (SSSR count). The Bertz CT molecular complexity index is 472. The number of aliphatic imine (C=N–C) groups is 1. The number of aryl methyl sites for hydroxylation is 2. The summed E-state index contributed by atoms with van der Waals surface area (Å²) in [4.78, 5) is 11.4. The van der Waals surface area contributed by atoms with E-state index in [9.17, 15) is 0 Å². The Morgan fingerprint density at radius 2 is 2.36 bits per heavy atom. The summed E-state index contributed by atoms with van der Waals surface area (Å²) in [6.07, 6.45) is 4.68. The van der Waals surface area contributed by atoms with Crippen LogP contribution in [0.2, 0.25) is 0 Å². The second kappa shape index (κ2) is 9.40. The van der Waals surface area contributed by atoms with Gasteiger partial charge in [0.2, 0.25) is 0 Å². The zero-order valence-corrected chi connectivity index (χ0v) is 15.6. The lowest BCUT2D eigenvalue weighted by Gasteiger charge is -2.34. The molecule has 1 aromatic heterocycles.